The normalized spacial score (nSPS) is 12.3. The molecule has 0 aliphatic rings. The minimum Gasteiger partial charge on any atom is -0.261 e. The van der Waals surface area contributed by atoms with Gasteiger partial charge in [0, 0.05) is 11.9 Å². The third kappa shape index (κ3) is 3.17. The molecule has 74 valence electrons. The van der Waals surface area contributed by atoms with Crippen LogP contribution in [0, 0.1) is 0 Å². The van der Waals surface area contributed by atoms with Gasteiger partial charge >= 0.3 is 0 Å². The quantitative estimate of drug-likeness (QED) is 0.635. The zero-order chi connectivity index (χ0) is 10.2. The highest BCUT2D eigenvalue weighted by atomic mass is 14.7. The molecule has 0 saturated carbocycles. The van der Waals surface area contributed by atoms with Crippen LogP contribution >= 0.6 is 0 Å². The number of hydrogen-bond donors (Lipinski definition) is 0. The average Bonchev–Trinajstić information content (AvgIpc) is 2.25. The van der Waals surface area contributed by atoms with Crippen molar-refractivity contribution in [2.75, 3.05) is 0 Å². The Kier molecular flexibility index (Phi) is 4.70. The molecule has 0 aliphatic heterocycles. The second-order valence-corrected chi connectivity index (χ2v) is 3.17. The minimum absolute atomic E-state index is 1.04. The molecule has 0 unspecified atom stereocenters. The van der Waals surface area contributed by atoms with Crippen molar-refractivity contribution in [3.8, 4) is 0 Å². The SMILES string of the molecule is C/C=C\N=C(CCC)c1ccccc1. The molecule has 0 radical (unpaired) electrons. The summed E-state index contributed by atoms with van der Waals surface area (Å²) in [5.41, 5.74) is 2.40. The van der Waals surface area contributed by atoms with E-state index in [-0.39, 0.29) is 0 Å². The molecule has 1 aromatic carbocycles. The number of nitrogens with zero attached hydrogens (tertiary/aromatic N) is 1. The van der Waals surface area contributed by atoms with Gasteiger partial charge in [0.2, 0.25) is 0 Å². The third-order valence-electron chi connectivity index (χ3n) is 1.97. The molecule has 0 aromatic heterocycles. The van der Waals surface area contributed by atoms with Crippen molar-refractivity contribution >= 4 is 5.71 Å². The Hall–Kier alpha value is -1.37. The minimum atomic E-state index is 1.04. The molecule has 0 fully saturated rings. The first-order valence-electron chi connectivity index (χ1n) is 5.11. The first kappa shape index (κ1) is 10.7. The summed E-state index contributed by atoms with van der Waals surface area (Å²) in [4.78, 5) is 4.44. The maximum atomic E-state index is 4.44. The molecule has 1 heteroatoms. The zero-order valence-corrected chi connectivity index (χ0v) is 8.90. The summed E-state index contributed by atoms with van der Waals surface area (Å²) < 4.78 is 0. The number of allylic oxidation sites excluding steroid dienone is 1. The lowest BCUT2D eigenvalue weighted by atomic mass is 10.1. The van der Waals surface area contributed by atoms with Gasteiger partial charge in [-0.15, -0.1) is 0 Å². The average molecular weight is 187 g/mol. The van der Waals surface area contributed by atoms with Gasteiger partial charge in [-0.25, -0.2) is 0 Å². The number of benzene rings is 1. The van der Waals surface area contributed by atoms with Crippen LogP contribution in [0.5, 0.6) is 0 Å². The van der Waals surface area contributed by atoms with Crippen LogP contribution in [0.2, 0.25) is 0 Å². The number of aliphatic imine (C=N–C) groups is 1. The maximum absolute atomic E-state index is 4.44. The van der Waals surface area contributed by atoms with Crippen molar-refractivity contribution in [3.05, 3.63) is 48.2 Å². The second kappa shape index (κ2) is 6.14. The van der Waals surface area contributed by atoms with Gasteiger partial charge < -0.3 is 0 Å². The lowest BCUT2D eigenvalue weighted by Gasteiger charge is -2.03. The van der Waals surface area contributed by atoms with Gasteiger partial charge in [0.25, 0.3) is 0 Å². The molecule has 0 amide bonds. The van der Waals surface area contributed by atoms with Crippen molar-refractivity contribution < 1.29 is 0 Å². The summed E-state index contributed by atoms with van der Waals surface area (Å²) in [7, 11) is 0. The Morgan fingerprint density at radius 3 is 2.57 bits per heavy atom. The van der Waals surface area contributed by atoms with E-state index >= 15 is 0 Å². The summed E-state index contributed by atoms with van der Waals surface area (Å²) in [5.74, 6) is 0. The summed E-state index contributed by atoms with van der Waals surface area (Å²) in [6.45, 7) is 4.16. The van der Waals surface area contributed by atoms with Gasteiger partial charge in [-0.3, -0.25) is 4.99 Å². The molecular formula is C13H17N. The van der Waals surface area contributed by atoms with E-state index in [2.05, 4.69) is 36.2 Å². The van der Waals surface area contributed by atoms with E-state index in [0.717, 1.165) is 12.8 Å². The van der Waals surface area contributed by atoms with Crippen molar-refractivity contribution in [1.82, 2.24) is 0 Å². The molecule has 14 heavy (non-hydrogen) atoms. The van der Waals surface area contributed by atoms with Crippen LogP contribution in [0.1, 0.15) is 32.3 Å². The second-order valence-electron chi connectivity index (χ2n) is 3.17. The smallest absolute Gasteiger partial charge is 0.0475 e. The Labute approximate surface area is 86.2 Å². The van der Waals surface area contributed by atoms with Gasteiger partial charge in [-0.2, -0.15) is 0 Å². The highest BCUT2D eigenvalue weighted by Crippen LogP contribution is 2.06. The zero-order valence-electron chi connectivity index (χ0n) is 8.90. The fraction of sp³-hybridized carbons (Fsp3) is 0.308. The lowest BCUT2D eigenvalue weighted by molar-refractivity contribution is 0.992. The van der Waals surface area contributed by atoms with Crippen molar-refractivity contribution in [1.29, 1.82) is 0 Å². The summed E-state index contributed by atoms with van der Waals surface area (Å²) in [6, 6.07) is 10.4. The van der Waals surface area contributed by atoms with Crippen LogP contribution in [-0.4, -0.2) is 5.71 Å². The maximum Gasteiger partial charge on any atom is 0.0475 e. The largest absolute Gasteiger partial charge is 0.261 e. The molecule has 0 spiro atoms. The Bertz CT molecular complexity index is 309. The van der Waals surface area contributed by atoms with Crippen LogP contribution in [0.25, 0.3) is 0 Å². The van der Waals surface area contributed by atoms with Gasteiger partial charge in [-0.1, -0.05) is 49.8 Å². The molecular weight excluding hydrogens is 170 g/mol. The third-order valence-corrected chi connectivity index (χ3v) is 1.97. The fourth-order valence-electron chi connectivity index (χ4n) is 1.32. The Balaban J connectivity index is 2.88. The van der Waals surface area contributed by atoms with Crippen molar-refractivity contribution in [2.24, 2.45) is 4.99 Å². The highest BCUT2D eigenvalue weighted by Gasteiger charge is 1.99. The Morgan fingerprint density at radius 1 is 1.29 bits per heavy atom. The predicted octanol–water partition coefficient (Wildman–Crippen LogP) is 3.81. The first-order chi connectivity index (χ1) is 6.88. The van der Waals surface area contributed by atoms with Crippen molar-refractivity contribution in [3.63, 3.8) is 0 Å². The molecule has 0 bridgehead atoms. The van der Waals surface area contributed by atoms with E-state index in [1.807, 2.05) is 25.3 Å². The molecule has 0 atom stereocenters. The summed E-state index contributed by atoms with van der Waals surface area (Å²) in [5, 5.41) is 0. The van der Waals surface area contributed by atoms with Gasteiger partial charge in [0.05, 0.1) is 0 Å². The van der Waals surface area contributed by atoms with E-state index in [1.165, 1.54) is 11.3 Å². The van der Waals surface area contributed by atoms with Crippen LogP contribution < -0.4 is 0 Å². The van der Waals surface area contributed by atoms with Gasteiger partial charge in [-0.05, 0) is 18.9 Å². The van der Waals surface area contributed by atoms with E-state index < -0.39 is 0 Å². The molecule has 1 nitrogen and oxygen atoms in total. The van der Waals surface area contributed by atoms with E-state index in [1.54, 1.807) is 0 Å². The number of rotatable bonds is 4. The van der Waals surface area contributed by atoms with Crippen LogP contribution in [0.4, 0.5) is 0 Å². The van der Waals surface area contributed by atoms with Crippen LogP contribution in [0.15, 0.2) is 47.6 Å². The standard InChI is InChI=1S/C13H17N/c1-3-8-13(14-11-4-2)12-9-6-5-7-10-12/h4-7,9-11H,3,8H2,1-2H3/b11-4-,14-13?. The highest BCUT2D eigenvalue weighted by molar-refractivity contribution is 6.00. The molecule has 0 heterocycles. The molecule has 0 aliphatic carbocycles. The summed E-state index contributed by atoms with van der Waals surface area (Å²) >= 11 is 0. The first-order valence-corrected chi connectivity index (χ1v) is 5.11. The number of hydrogen-bond acceptors (Lipinski definition) is 1. The van der Waals surface area contributed by atoms with Gasteiger partial charge in [0.1, 0.15) is 0 Å². The van der Waals surface area contributed by atoms with Crippen LogP contribution in [0.3, 0.4) is 0 Å². The van der Waals surface area contributed by atoms with Gasteiger partial charge in [0.15, 0.2) is 0 Å². The molecule has 0 saturated heterocycles. The molecule has 1 rings (SSSR count). The lowest BCUT2D eigenvalue weighted by Crippen LogP contribution is -1.98. The van der Waals surface area contributed by atoms with E-state index in [0.29, 0.717) is 0 Å². The summed E-state index contributed by atoms with van der Waals surface area (Å²) in [6.07, 6.45) is 5.98. The van der Waals surface area contributed by atoms with Crippen LogP contribution in [-0.2, 0) is 0 Å². The fourth-order valence-corrected chi connectivity index (χ4v) is 1.32. The monoisotopic (exact) mass is 187 g/mol. The molecule has 1 aromatic rings. The van der Waals surface area contributed by atoms with E-state index in [9.17, 15) is 0 Å². The van der Waals surface area contributed by atoms with Crippen molar-refractivity contribution in [2.45, 2.75) is 26.7 Å². The Morgan fingerprint density at radius 2 is 2.00 bits per heavy atom. The predicted molar refractivity (Wildman–Crippen MR) is 62.7 cm³/mol. The van der Waals surface area contributed by atoms with E-state index in [4.69, 9.17) is 0 Å². The topological polar surface area (TPSA) is 12.4 Å². The molecule has 0 N–H and O–H groups in total.